The number of nitrogens with one attached hydrogen (secondary N) is 1. The van der Waals surface area contributed by atoms with E-state index in [0.29, 0.717) is 0 Å². The first kappa shape index (κ1) is 17.7. The van der Waals surface area contributed by atoms with Crippen LogP contribution in [0.1, 0.15) is 5.56 Å². The average molecular weight is 410 g/mol. The summed E-state index contributed by atoms with van der Waals surface area (Å²) in [5.74, 6) is -5.66. The Hall–Kier alpha value is -1.61. The molecule has 1 heterocycles. The second-order valence-corrected chi connectivity index (χ2v) is 6.40. The van der Waals surface area contributed by atoms with Gasteiger partial charge in [0.1, 0.15) is 0 Å². The minimum atomic E-state index is -1.43. The SMILES string of the molecule is NC(=S)NC1(Br)C=CC=CN1CCc1c(F)c(F)cc(F)c1F. The monoisotopic (exact) mass is 409 g/mol. The van der Waals surface area contributed by atoms with Crippen molar-refractivity contribution in [3.63, 3.8) is 0 Å². The standard InChI is InChI=1S/C14H12BrF4N3S/c15-14(21-13(20)23)4-1-2-5-22(14)6-3-8-11(18)9(16)7-10(17)12(8)19/h1-2,4-5,7H,3,6H2,(H3,20,21,23). The molecule has 1 unspecified atom stereocenters. The number of benzene rings is 1. The molecule has 124 valence electrons. The first-order valence-corrected chi connectivity index (χ1v) is 7.66. The fraction of sp³-hybridized carbons (Fsp3) is 0.214. The maximum Gasteiger partial charge on any atom is 0.189 e. The third kappa shape index (κ3) is 3.84. The second kappa shape index (κ2) is 6.88. The van der Waals surface area contributed by atoms with Crippen molar-refractivity contribution in [3.8, 4) is 0 Å². The van der Waals surface area contributed by atoms with Crippen molar-refractivity contribution in [2.24, 2.45) is 5.73 Å². The molecule has 3 N–H and O–H groups in total. The zero-order chi connectivity index (χ0) is 17.2. The molecule has 0 spiro atoms. The first-order valence-electron chi connectivity index (χ1n) is 6.46. The van der Waals surface area contributed by atoms with E-state index in [1.807, 2.05) is 0 Å². The molecule has 1 aliphatic heterocycles. The second-order valence-electron chi connectivity index (χ2n) is 4.75. The molecular formula is C14H12BrF4N3S. The quantitative estimate of drug-likeness (QED) is 0.263. The maximum absolute atomic E-state index is 13.7. The highest BCUT2D eigenvalue weighted by atomic mass is 79.9. The number of allylic oxidation sites excluding steroid dienone is 2. The van der Waals surface area contributed by atoms with Crippen molar-refractivity contribution in [1.82, 2.24) is 10.2 Å². The molecule has 1 atom stereocenters. The Bertz CT molecular complexity index is 669. The van der Waals surface area contributed by atoms with Crippen LogP contribution in [0.3, 0.4) is 0 Å². The zero-order valence-corrected chi connectivity index (χ0v) is 14.0. The van der Waals surface area contributed by atoms with E-state index < -0.39 is 33.4 Å². The molecule has 23 heavy (non-hydrogen) atoms. The van der Waals surface area contributed by atoms with Crippen molar-refractivity contribution in [3.05, 3.63) is 59.3 Å². The van der Waals surface area contributed by atoms with Crippen molar-refractivity contribution < 1.29 is 17.6 Å². The lowest BCUT2D eigenvalue weighted by atomic mass is 10.1. The van der Waals surface area contributed by atoms with Gasteiger partial charge in [0.25, 0.3) is 0 Å². The molecule has 1 aromatic carbocycles. The molecule has 0 saturated heterocycles. The molecule has 0 aromatic heterocycles. The van der Waals surface area contributed by atoms with Gasteiger partial charge in [0.05, 0.1) is 0 Å². The largest absolute Gasteiger partial charge is 0.376 e. The summed E-state index contributed by atoms with van der Waals surface area (Å²) in [5.41, 5.74) is 4.80. The van der Waals surface area contributed by atoms with Crippen LogP contribution in [0.25, 0.3) is 0 Å². The van der Waals surface area contributed by atoms with E-state index in [9.17, 15) is 17.6 Å². The van der Waals surface area contributed by atoms with Crippen LogP contribution in [0.15, 0.2) is 30.5 Å². The van der Waals surface area contributed by atoms with Crippen LogP contribution in [0.2, 0.25) is 0 Å². The van der Waals surface area contributed by atoms with Crippen LogP contribution in [0.5, 0.6) is 0 Å². The zero-order valence-electron chi connectivity index (χ0n) is 11.6. The molecule has 0 amide bonds. The topological polar surface area (TPSA) is 41.3 Å². The van der Waals surface area contributed by atoms with E-state index >= 15 is 0 Å². The summed E-state index contributed by atoms with van der Waals surface area (Å²) in [5, 5.41) is 2.78. The highest BCUT2D eigenvalue weighted by Gasteiger charge is 2.31. The summed E-state index contributed by atoms with van der Waals surface area (Å²) in [6, 6.07) is 0.181. The Morgan fingerprint density at radius 3 is 2.39 bits per heavy atom. The van der Waals surface area contributed by atoms with Crippen LogP contribution in [0.4, 0.5) is 17.6 Å². The summed E-state index contributed by atoms with van der Waals surface area (Å²) >= 11 is 8.16. The first-order chi connectivity index (χ1) is 10.7. The predicted molar refractivity (Wildman–Crippen MR) is 86.5 cm³/mol. The van der Waals surface area contributed by atoms with Crippen molar-refractivity contribution in [2.45, 2.75) is 11.0 Å². The normalized spacial score (nSPS) is 20.0. The molecule has 2 rings (SSSR count). The van der Waals surface area contributed by atoms with Gasteiger partial charge in [0, 0.05) is 24.4 Å². The van der Waals surface area contributed by atoms with Gasteiger partial charge >= 0.3 is 0 Å². The minimum Gasteiger partial charge on any atom is -0.376 e. The number of nitrogens with two attached hydrogens (primary N) is 1. The van der Waals surface area contributed by atoms with Gasteiger partial charge in [-0.25, -0.2) is 17.6 Å². The smallest absolute Gasteiger partial charge is 0.189 e. The summed E-state index contributed by atoms with van der Waals surface area (Å²) in [4.78, 5) is 1.59. The number of hydrogen-bond donors (Lipinski definition) is 2. The van der Waals surface area contributed by atoms with Gasteiger partial charge in [-0.1, -0.05) is 6.08 Å². The van der Waals surface area contributed by atoms with Gasteiger partial charge < -0.3 is 16.0 Å². The van der Waals surface area contributed by atoms with E-state index in [0.717, 1.165) is 0 Å². The summed E-state index contributed by atoms with van der Waals surface area (Å²) in [6.45, 7) is 0.0401. The van der Waals surface area contributed by atoms with Gasteiger partial charge in [-0.15, -0.1) is 0 Å². The van der Waals surface area contributed by atoms with E-state index in [1.165, 1.54) is 0 Å². The summed E-state index contributed by atoms with van der Waals surface area (Å²) in [7, 11) is 0. The highest BCUT2D eigenvalue weighted by molar-refractivity contribution is 9.10. The number of hydrogen-bond acceptors (Lipinski definition) is 2. The molecule has 1 aromatic rings. The molecule has 1 aliphatic rings. The van der Waals surface area contributed by atoms with Gasteiger partial charge in [-0.05, 0) is 46.7 Å². The lowest BCUT2D eigenvalue weighted by Crippen LogP contribution is -2.55. The Morgan fingerprint density at radius 2 is 1.83 bits per heavy atom. The number of thiocarbonyl (C=S) groups is 1. The third-order valence-electron chi connectivity index (χ3n) is 3.22. The predicted octanol–water partition coefficient (Wildman–Crippen LogP) is 3.05. The molecule has 3 nitrogen and oxygen atoms in total. The fourth-order valence-electron chi connectivity index (χ4n) is 2.14. The fourth-order valence-corrected chi connectivity index (χ4v) is 3.09. The third-order valence-corrected chi connectivity index (χ3v) is 4.24. The van der Waals surface area contributed by atoms with Crippen LogP contribution in [-0.2, 0) is 6.42 Å². The van der Waals surface area contributed by atoms with Crippen molar-refractivity contribution in [2.75, 3.05) is 6.54 Å². The van der Waals surface area contributed by atoms with Gasteiger partial charge in [0.15, 0.2) is 33.0 Å². The summed E-state index contributed by atoms with van der Waals surface area (Å²) in [6.07, 6.45) is 6.41. The molecule has 9 heteroatoms. The van der Waals surface area contributed by atoms with Crippen LogP contribution in [0, 0.1) is 23.3 Å². The molecule has 0 fully saturated rings. The molecule has 0 saturated carbocycles. The van der Waals surface area contributed by atoms with Crippen molar-refractivity contribution in [1.29, 1.82) is 0 Å². The van der Waals surface area contributed by atoms with E-state index in [2.05, 4.69) is 21.2 Å². The van der Waals surface area contributed by atoms with Crippen molar-refractivity contribution >= 4 is 33.3 Å². The van der Waals surface area contributed by atoms with Crippen LogP contribution >= 0.6 is 28.1 Å². The summed E-state index contributed by atoms with van der Waals surface area (Å²) < 4.78 is 52.9. The Morgan fingerprint density at radius 1 is 1.22 bits per heavy atom. The van der Waals surface area contributed by atoms with Crippen LogP contribution in [-0.4, -0.2) is 21.1 Å². The van der Waals surface area contributed by atoms with E-state index in [1.54, 1.807) is 29.3 Å². The van der Waals surface area contributed by atoms with Gasteiger partial charge in [-0.2, -0.15) is 0 Å². The van der Waals surface area contributed by atoms with Gasteiger partial charge in [0.2, 0.25) is 0 Å². The lowest BCUT2D eigenvalue weighted by Gasteiger charge is -2.39. The maximum atomic E-state index is 13.7. The number of rotatable bonds is 4. The Balaban J connectivity index is 2.22. The lowest BCUT2D eigenvalue weighted by molar-refractivity contribution is 0.275. The average Bonchev–Trinajstić information content (AvgIpc) is 2.46. The van der Waals surface area contributed by atoms with E-state index in [4.69, 9.17) is 18.0 Å². The molecule has 0 bridgehead atoms. The number of halogens is 5. The Labute approximate surface area is 144 Å². The Kier molecular flexibility index (Phi) is 5.30. The molecular weight excluding hydrogens is 398 g/mol. The highest BCUT2D eigenvalue weighted by Crippen LogP contribution is 2.27. The molecule has 0 radical (unpaired) electrons. The van der Waals surface area contributed by atoms with Crippen LogP contribution < -0.4 is 11.1 Å². The van der Waals surface area contributed by atoms with Gasteiger partial charge in [-0.3, -0.25) is 0 Å². The minimum absolute atomic E-state index is 0.000913. The molecule has 0 aliphatic carbocycles. The number of nitrogens with zero attached hydrogens (tertiary/aromatic N) is 1. The number of alkyl halides is 1. The van der Waals surface area contributed by atoms with E-state index in [-0.39, 0.29) is 24.1 Å².